The monoisotopic (exact) mass is 601 g/mol. The maximum Gasteiger partial charge on any atom is 0.338 e. The van der Waals surface area contributed by atoms with Crippen LogP contribution in [0.25, 0.3) is 6.08 Å². The number of rotatable bonds is 6. The fraction of sp³-hybridized carbons (Fsp3) is 0.370. The summed E-state index contributed by atoms with van der Waals surface area (Å²) in [6.07, 6.45) is 1.38. The first-order valence-electron chi connectivity index (χ1n) is 12.3. The Bertz CT molecular complexity index is 1580. The van der Waals surface area contributed by atoms with Gasteiger partial charge in [-0.25, -0.2) is 9.79 Å². The average molecular weight is 603 g/mol. The molecular formula is C27H28BrN3O6S. The van der Waals surface area contributed by atoms with Gasteiger partial charge in [0.05, 0.1) is 42.2 Å². The van der Waals surface area contributed by atoms with Crippen molar-refractivity contribution in [1.29, 1.82) is 0 Å². The molecule has 0 amide bonds. The van der Waals surface area contributed by atoms with Gasteiger partial charge in [-0.1, -0.05) is 27.3 Å². The third kappa shape index (κ3) is 5.10. The van der Waals surface area contributed by atoms with Gasteiger partial charge < -0.3 is 23.5 Å². The summed E-state index contributed by atoms with van der Waals surface area (Å²) in [5.41, 5.74) is 1.14. The summed E-state index contributed by atoms with van der Waals surface area (Å²) < 4.78 is 25.4. The van der Waals surface area contributed by atoms with E-state index in [1.165, 1.54) is 15.9 Å². The highest BCUT2D eigenvalue weighted by Gasteiger charge is 2.35. The highest BCUT2D eigenvalue weighted by Crippen LogP contribution is 2.37. The standard InChI is InChI=1S/C27H28BrN3O6S/c1-15(2)36-26(33)23-16(3)29-27-31(24(23)19-13-17(28)5-7-20(19)34-4)25(32)21(38-27)14-18-6-8-22(37-18)30-9-11-35-12-10-30/h5-8,13-15,24H,9-12H2,1-4H3/b21-14-/t24-/m1/s1. The molecule has 0 radical (unpaired) electrons. The number of morpholine rings is 1. The van der Waals surface area contributed by atoms with Gasteiger partial charge in [-0.2, -0.15) is 0 Å². The van der Waals surface area contributed by atoms with E-state index in [9.17, 15) is 9.59 Å². The molecule has 2 aliphatic rings. The number of benzene rings is 1. The maximum atomic E-state index is 13.9. The van der Waals surface area contributed by atoms with Gasteiger partial charge >= 0.3 is 5.97 Å². The Morgan fingerprint density at radius 3 is 2.71 bits per heavy atom. The van der Waals surface area contributed by atoms with Crippen LogP contribution in [0.4, 0.5) is 5.88 Å². The Hall–Kier alpha value is -3.15. The lowest BCUT2D eigenvalue weighted by molar-refractivity contribution is -0.143. The van der Waals surface area contributed by atoms with Crippen molar-refractivity contribution >= 4 is 45.2 Å². The summed E-state index contributed by atoms with van der Waals surface area (Å²) >= 11 is 4.77. The molecule has 11 heteroatoms. The van der Waals surface area contributed by atoms with Crippen LogP contribution in [-0.2, 0) is 14.3 Å². The van der Waals surface area contributed by atoms with Crippen LogP contribution in [-0.4, -0.2) is 50.1 Å². The van der Waals surface area contributed by atoms with Crippen molar-refractivity contribution in [2.45, 2.75) is 32.9 Å². The van der Waals surface area contributed by atoms with E-state index >= 15 is 0 Å². The Morgan fingerprint density at radius 2 is 2.00 bits per heavy atom. The Morgan fingerprint density at radius 1 is 1.24 bits per heavy atom. The number of carbonyl (C=O) groups is 1. The van der Waals surface area contributed by atoms with Crippen LogP contribution < -0.4 is 24.5 Å². The molecule has 38 heavy (non-hydrogen) atoms. The lowest BCUT2D eigenvalue weighted by Gasteiger charge is -2.26. The Labute approximate surface area is 231 Å². The van der Waals surface area contributed by atoms with Crippen molar-refractivity contribution in [2.75, 3.05) is 38.3 Å². The molecule has 0 saturated carbocycles. The van der Waals surface area contributed by atoms with Crippen LogP contribution in [0.15, 0.2) is 60.3 Å². The molecule has 4 heterocycles. The van der Waals surface area contributed by atoms with E-state index < -0.39 is 12.0 Å². The van der Waals surface area contributed by atoms with Gasteiger partial charge in [0.25, 0.3) is 5.56 Å². The molecule has 0 N–H and O–H groups in total. The number of furan rings is 1. The molecular weight excluding hydrogens is 574 g/mol. The predicted octanol–water partition coefficient (Wildman–Crippen LogP) is 3.39. The second kappa shape index (κ2) is 10.9. The third-order valence-electron chi connectivity index (χ3n) is 6.28. The quantitative estimate of drug-likeness (QED) is 0.400. The number of methoxy groups -OCH3 is 1. The number of carbonyl (C=O) groups excluding carboxylic acids is 1. The molecule has 1 atom stereocenters. The molecule has 3 aromatic rings. The number of fused-ring (bicyclic) bond motifs is 1. The van der Waals surface area contributed by atoms with E-state index in [1.54, 1.807) is 40.0 Å². The van der Waals surface area contributed by atoms with Crippen LogP contribution in [0.2, 0.25) is 0 Å². The predicted molar refractivity (Wildman–Crippen MR) is 147 cm³/mol. The second-order valence-corrected chi connectivity index (χ2v) is 11.1. The van der Waals surface area contributed by atoms with Crippen molar-refractivity contribution in [2.24, 2.45) is 4.99 Å². The minimum absolute atomic E-state index is 0.285. The van der Waals surface area contributed by atoms with E-state index in [0.717, 1.165) is 23.4 Å². The Kier molecular flexibility index (Phi) is 7.60. The molecule has 0 bridgehead atoms. The number of anilines is 1. The van der Waals surface area contributed by atoms with Gasteiger partial charge in [-0.15, -0.1) is 0 Å². The molecule has 9 nitrogen and oxygen atoms in total. The summed E-state index contributed by atoms with van der Waals surface area (Å²) in [4.78, 5) is 34.4. The number of allylic oxidation sites excluding steroid dienone is 1. The number of hydrogen-bond donors (Lipinski definition) is 0. The zero-order valence-corrected chi connectivity index (χ0v) is 23.9. The number of ether oxygens (including phenoxy) is 3. The van der Waals surface area contributed by atoms with Gasteiger partial charge in [-0.3, -0.25) is 9.36 Å². The van der Waals surface area contributed by atoms with E-state index in [2.05, 4.69) is 25.8 Å². The van der Waals surface area contributed by atoms with Crippen molar-refractivity contribution < 1.29 is 23.4 Å². The SMILES string of the molecule is COc1ccc(Br)cc1[C@@H]1C(C(=O)OC(C)C)=C(C)N=c2s/c(=C\c3ccc(N4CCOCC4)o3)c(=O)n21. The number of hydrogen-bond acceptors (Lipinski definition) is 9. The number of halogens is 1. The highest BCUT2D eigenvalue weighted by molar-refractivity contribution is 9.10. The number of thiazole rings is 1. The van der Waals surface area contributed by atoms with E-state index in [0.29, 0.717) is 50.9 Å². The summed E-state index contributed by atoms with van der Waals surface area (Å²) in [5, 5.41) is 0. The summed E-state index contributed by atoms with van der Waals surface area (Å²) in [7, 11) is 1.56. The first kappa shape index (κ1) is 26.5. The lowest BCUT2D eigenvalue weighted by atomic mass is 9.95. The molecule has 1 aromatic carbocycles. The van der Waals surface area contributed by atoms with Gasteiger partial charge in [0.1, 0.15) is 17.6 Å². The molecule has 2 aliphatic heterocycles. The topological polar surface area (TPSA) is 95.5 Å². The normalized spacial score (nSPS) is 18.0. The van der Waals surface area contributed by atoms with Crippen molar-refractivity contribution in [3.05, 3.63) is 77.1 Å². The van der Waals surface area contributed by atoms with Crippen molar-refractivity contribution in [1.82, 2.24) is 4.57 Å². The molecule has 200 valence electrons. The zero-order valence-electron chi connectivity index (χ0n) is 21.5. The number of esters is 1. The summed E-state index contributed by atoms with van der Waals surface area (Å²) in [6, 6.07) is 8.45. The van der Waals surface area contributed by atoms with Gasteiger partial charge in [0.2, 0.25) is 0 Å². The van der Waals surface area contributed by atoms with Crippen LogP contribution in [0.3, 0.4) is 0 Å². The van der Waals surface area contributed by atoms with Gasteiger partial charge in [0.15, 0.2) is 10.7 Å². The van der Waals surface area contributed by atoms with Gasteiger partial charge in [-0.05, 0) is 45.0 Å². The number of nitrogens with zero attached hydrogens (tertiary/aromatic N) is 3. The largest absolute Gasteiger partial charge is 0.496 e. The first-order valence-corrected chi connectivity index (χ1v) is 13.9. The van der Waals surface area contributed by atoms with E-state index in [-0.39, 0.29) is 11.7 Å². The highest BCUT2D eigenvalue weighted by atomic mass is 79.9. The van der Waals surface area contributed by atoms with Crippen LogP contribution in [0, 0.1) is 0 Å². The first-order chi connectivity index (χ1) is 18.3. The molecule has 0 unspecified atom stereocenters. The fourth-order valence-corrected chi connectivity index (χ4v) is 5.98. The molecule has 1 saturated heterocycles. The van der Waals surface area contributed by atoms with E-state index in [1.807, 2.05) is 24.3 Å². The van der Waals surface area contributed by atoms with Crippen LogP contribution in [0.1, 0.15) is 38.1 Å². The maximum absolute atomic E-state index is 13.9. The zero-order chi connectivity index (χ0) is 27.0. The van der Waals surface area contributed by atoms with Crippen LogP contribution >= 0.6 is 27.3 Å². The third-order valence-corrected chi connectivity index (χ3v) is 7.76. The van der Waals surface area contributed by atoms with Gasteiger partial charge in [0, 0.05) is 35.3 Å². The summed E-state index contributed by atoms with van der Waals surface area (Å²) in [5.74, 6) is 1.31. The average Bonchev–Trinajstić information content (AvgIpc) is 3.47. The lowest BCUT2D eigenvalue weighted by Crippen LogP contribution is -2.40. The molecule has 2 aromatic heterocycles. The minimum atomic E-state index is -0.785. The minimum Gasteiger partial charge on any atom is -0.496 e. The second-order valence-electron chi connectivity index (χ2n) is 9.20. The summed E-state index contributed by atoms with van der Waals surface area (Å²) in [6.45, 7) is 8.12. The van der Waals surface area contributed by atoms with Crippen LogP contribution in [0.5, 0.6) is 5.75 Å². The Balaban J connectivity index is 1.65. The molecule has 5 rings (SSSR count). The molecule has 1 fully saturated rings. The van der Waals surface area contributed by atoms with Crippen molar-refractivity contribution in [3.8, 4) is 5.75 Å². The van der Waals surface area contributed by atoms with E-state index in [4.69, 9.17) is 18.6 Å². The fourth-order valence-electron chi connectivity index (χ4n) is 4.58. The molecule has 0 spiro atoms. The van der Waals surface area contributed by atoms with Crippen molar-refractivity contribution in [3.63, 3.8) is 0 Å². The molecule has 0 aliphatic carbocycles. The smallest absolute Gasteiger partial charge is 0.338 e. The number of aromatic nitrogens is 1.